The van der Waals surface area contributed by atoms with Crippen LogP contribution in [0.1, 0.15) is 31.1 Å². The van der Waals surface area contributed by atoms with Gasteiger partial charge in [0.25, 0.3) is 0 Å². The van der Waals surface area contributed by atoms with E-state index in [2.05, 4.69) is 4.74 Å². The van der Waals surface area contributed by atoms with Crippen molar-refractivity contribution >= 4 is 11.9 Å². The average Bonchev–Trinajstić information content (AvgIpc) is 2.59. The third-order valence-corrected chi connectivity index (χ3v) is 3.09. The molecule has 0 bridgehead atoms. The van der Waals surface area contributed by atoms with Gasteiger partial charge in [-0.05, 0) is 63.2 Å². The van der Waals surface area contributed by atoms with Gasteiger partial charge in [0, 0.05) is 0 Å². The molecule has 2 aromatic carbocycles. The van der Waals surface area contributed by atoms with Gasteiger partial charge in [-0.15, -0.1) is 0 Å². The topological polar surface area (TPSA) is 71.1 Å². The Hall–Kier alpha value is -3.02. The van der Waals surface area contributed by atoms with Crippen LogP contribution in [0.15, 0.2) is 48.5 Å². The van der Waals surface area contributed by atoms with Gasteiger partial charge < -0.3 is 18.9 Å². The zero-order valence-electron chi connectivity index (χ0n) is 15.3. The lowest BCUT2D eigenvalue weighted by Crippen LogP contribution is -2.27. The Kier molecular flexibility index (Phi) is 6.22. The molecule has 0 spiro atoms. The van der Waals surface area contributed by atoms with Crippen molar-refractivity contribution in [2.24, 2.45) is 0 Å². The van der Waals surface area contributed by atoms with Crippen LogP contribution in [-0.2, 0) is 14.3 Å². The van der Waals surface area contributed by atoms with Crippen molar-refractivity contribution in [2.75, 3.05) is 13.7 Å². The molecule has 2 rings (SSSR count). The molecule has 0 N–H and O–H groups in total. The number of hydrogen-bond donors (Lipinski definition) is 0. The van der Waals surface area contributed by atoms with E-state index in [1.54, 1.807) is 69.3 Å². The van der Waals surface area contributed by atoms with E-state index in [-0.39, 0.29) is 6.61 Å². The lowest BCUT2D eigenvalue weighted by Gasteiger charge is -2.19. The van der Waals surface area contributed by atoms with Crippen molar-refractivity contribution in [3.63, 3.8) is 0 Å². The predicted molar refractivity (Wildman–Crippen MR) is 95.6 cm³/mol. The van der Waals surface area contributed by atoms with Crippen LogP contribution in [0, 0.1) is 0 Å². The number of carbonyl (C=O) groups is 2. The van der Waals surface area contributed by atoms with E-state index in [0.717, 1.165) is 0 Å². The van der Waals surface area contributed by atoms with Crippen LogP contribution < -0.4 is 9.47 Å². The molecule has 2 aromatic rings. The predicted octanol–water partition coefficient (Wildman–Crippen LogP) is 3.99. The molecule has 0 amide bonds. The van der Waals surface area contributed by atoms with Gasteiger partial charge in [0.05, 0.1) is 12.7 Å². The highest BCUT2D eigenvalue weighted by molar-refractivity contribution is 5.89. The van der Waals surface area contributed by atoms with Crippen LogP contribution in [0.4, 0.5) is 0 Å². The zero-order chi connectivity index (χ0) is 19.2. The summed E-state index contributed by atoms with van der Waals surface area (Å²) < 4.78 is 21.0. The summed E-state index contributed by atoms with van der Waals surface area (Å²) in [5.74, 6) is 0.734. The molecule has 0 aliphatic heterocycles. The molecule has 0 unspecified atom stereocenters. The van der Waals surface area contributed by atoms with Crippen molar-refractivity contribution in [2.45, 2.75) is 26.4 Å². The van der Waals surface area contributed by atoms with Crippen molar-refractivity contribution < 1.29 is 28.5 Å². The maximum absolute atomic E-state index is 11.6. The van der Waals surface area contributed by atoms with Gasteiger partial charge in [-0.25, -0.2) is 9.59 Å². The minimum Gasteiger partial charge on any atom is -0.482 e. The molecule has 0 aliphatic carbocycles. The highest BCUT2D eigenvalue weighted by atomic mass is 16.6. The van der Waals surface area contributed by atoms with Gasteiger partial charge in [0.2, 0.25) is 0 Å². The Morgan fingerprint density at radius 2 is 1.58 bits per heavy atom. The molecular weight excluding hydrogens is 336 g/mol. The number of carbonyl (C=O) groups excluding carboxylic acids is 2. The number of benzene rings is 2. The van der Waals surface area contributed by atoms with Crippen LogP contribution in [0.3, 0.4) is 0 Å². The van der Waals surface area contributed by atoms with Gasteiger partial charge in [-0.2, -0.15) is 0 Å². The summed E-state index contributed by atoms with van der Waals surface area (Å²) in [5.41, 5.74) is -0.140. The molecule has 0 aliphatic rings. The molecule has 0 heterocycles. The van der Waals surface area contributed by atoms with Crippen LogP contribution in [0.2, 0.25) is 0 Å². The standard InChI is InChI=1S/C20H22O6/c1-20(2,3)26-18(21)13-24-15-8-10-16(11-9-15)25-17-7-5-6-14(12-17)19(22)23-4/h5-12H,13H2,1-4H3. The summed E-state index contributed by atoms with van der Waals surface area (Å²) in [5, 5.41) is 0. The van der Waals surface area contributed by atoms with Crippen LogP contribution in [-0.4, -0.2) is 31.3 Å². The monoisotopic (exact) mass is 358 g/mol. The largest absolute Gasteiger partial charge is 0.482 e. The van der Waals surface area contributed by atoms with Gasteiger partial charge in [-0.3, -0.25) is 0 Å². The molecule has 0 saturated heterocycles. The van der Waals surface area contributed by atoms with Gasteiger partial charge in [-0.1, -0.05) is 6.07 Å². The fourth-order valence-corrected chi connectivity index (χ4v) is 2.06. The fraction of sp³-hybridized carbons (Fsp3) is 0.300. The minimum absolute atomic E-state index is 0.168. The molecular formula is C20H22O6. The number of ether oxygens (including phenoxy) is 4. The summed E-state index contributed by atoms with van der Waals surface area (Å²) in [6, 6.07) is 13.5. The first kappa shape index (κ1) is 19.3. The first-order chi connectivity index (χ1) is 12.3. The van der Waals surface area contributed by atoms with Crippen LogP contribution >= 0.6 is 0 Å². The van der Waals surface area contributed by atoms with Gasteiger partial charge in [0.1, 0.15) is 22.8 Å². The van der Waals surface area contributed by atoms with Crippen molar-refractivity contribution in [3.05, 3.63) is 54.1 Å². The molecule has 6 nitrogen and oxygen atoms in total. The van der Waals surface area contributed by atoms with Crippen molar-refractivity contribution in [3.8, 4) is 17.2 Å². The highest BCUT2D eigenvalue weighted by Crippen LogP contribution is 2.25. The maximum atomic E-state index is 11.6. The first-order valence-corrected chi connectivity index (χ1v) is 8.08. The minimum atomic E-state index is -0.545. The van der Waals surface area contributed by atoms with E-state index in [1.165, 1.54) is 7.11 Å². The summed E-state index contributed by atoms with van der Waals surface area (Å²) in [7, 11) is 1.33. The molecule has 0 fully saturated rings. The van der Waals surface area contributed by atoms with Crippen LogP contribution in [0.5, 0.6) is 17.2 Å². The number of hydrogen-bond acceptors (Lipinski definition) is 6. The lowest BCUT2D eigenvalue weighted by atomic mass is 10.2. The second kappa shape index (κ2) is 8.38. The summed E-state index contributed by atoms with van der Waals surface area (Å²) in [6.45, 7) is 5.23. The molecule has 6 heteroatoms. The Morgan fingerprint density at radius 1 is 0.923 bits per heavy atom. The molecule has 0 radical (unpaired) electrons. The van der Waals surface area contributed by atoms with E-state index in [1.807, 2.05) is 0 Å². The molecule has 0 atom stereocenters. The van der Waals surface area contributed by atoms with Gasteiger partial charge >= 0.3 is 11.9 Å². The summed E-state index contributed by atoms with van der Waals surface area (Å²) in [6.07, 6.45) is 0. The normalized spacial score (nSPS) is 10.8. The Bertz CT molecular complexity index is 759. The molecule has 26 heavy (non-hydrogen) atoms. The third kappa shape index (κ3) is 6.12. The summed E-state index contributed by atoms with van der Waals surface area (Å²) in [4.78, 5) is 23.2. The van der Waals surface area contributed by atoms with E-state index >= 15 is 0 Å². The number of methoxy groups -OCH3 is 1. The van der Waals surface area contributed by atoms with E-state index in [0.29, 0.717) is 22.8 Å². The zero-order valence-corrected chi connectivity index (χ0v) is 15.3. The Morgan fingerprint density at radius 3 is 2.19 bits per heavy atom. The smallest absolute Gasteiger partial charge is 0.344 e. The van der Waals surface area contributed by atoms with Crippen molar-refractivity contribution in [1.29, 1.82) is 0 Å². The van der Waals surface area contributed by atoms with E-state index in [9.17, 15) is 9.59 Å². The molecule has 138 valence electrons. The van der Waals surface area contributed by atoms with E-state index < -0.39 is 17.5 Å². The average molecular weight is 358 g/mol. The van der Waals surface area contributed by atoms with E-state index in [4.69, 9.17) is 14.2 Å². The maximum Gasteiger partial charge on any atom is 0.344 e. The second-order valence-electron chi connectivity index (χ2n) is 6.47. The third-order valence-electron chi connectivity index (χ3n) is 3.09. The Labute approximate surface area is 152 Å². The first-order valence-electron chi connectivity index (χ1n) is 8.08. The second-order valence-corrected chi connectivity index (χ2v) is 6.47. The number of esters is 2. The Balaban J connectivity index is 1.93. The number of rotatable bonds is 6. The fourth-order valence-electron chi connectivity index (χ4n) is 2.06. The highest BCUT2D eigenvalue weighted by Gasteiger charge is 2.16. The molecule has 0 aromatic heterocycles. The van der Waals surface area contributed by atoms with Gasteiger partial charge in [0.15, 0.2) is 6.61 Å². The lowest BCUT2D eigenvalue weighted by molar-refractivity contribution is -0.157. The van der Waals surface area contributed by atoms with Crippen molar-refractivity contribution in [1.82, 2.24) is 0 Å². The quantitative estimate of drug-likeness (QED) is 0.727. The summed E-state index contributed by atoms with van der Waals surface area (Å²) >= 11 is 0. The SMILES string of the molecule is COC(=O)c1cccc(Oc2ccc(OCC(=O)OC(C)(C)C)cc2)c1. The van der Waals surface area contributed by atoms with Crippen LogP contribution in [0.25, 0.3) is 0 Å². The molecule has 0 saturated carbocycles.